The molecule has 0 radical (unpaired) electrons. The molecule has 8 heteroatoms. The van der Waals surface area contributed by atoms with E-state index in [1.165, 1.54) is 0 Å². The summed E-state index contributed by atoms with van der Waals surface area (Å²) in [5, 5.41) is 6.45. The normalized spacial score (nSPS) is 15.8. The zero-order chi connectivity index (χ0) is 23.7. The molecule has 1 fully saturated rings. The number of halogens is 1. The van der Waals surface area contributed by atoms with Gasteiger partial charge in [0.15, 0.2) is 5.76 Å². The quantitative estimate of drug-likeness (QED) is 0.328. The maximum Gasteiger partial charge on any atom is 0.290 e. The number of aromatic nitrogens is 1. The number of pyridine rings is 1. The highest BCUT2D eigenvalue weighted by atomic mass is 35.5. The second kappa shape index (κ2) is 9.03. The van der Waals surface area contributed by atoms with E-state index in [9.17, 15) is 14.4 Å². The first-order chi connectivity index (χ1) is 15.7. The molecule has 1 aliphatic rings. The topological polar surface area (TPSA) is 97.4 Å². The molecule has 1 unspecified atom stereocenters. The number of nitrogens with zero attached hydrogens (tertiary/aromatic N) is 1. The van der Waals surface area contributed by atoms with Crippen molar-refractivity contribution in [2.45, 2.75) is 32.6 Å². The van der Waals surface area contributed by atoms with Crippen LogP contribution in [0.1, 0.15) is 35.6 Å². The smallest absolute Gasteiger partial charge is 0.290 e. The number of carbonyl (C=O) groups is 3. The molecule has 0 saturated carbocycles. The molecule has 0 aliphatic carbocycles. The van der Waals surface area contributed by atoms with Crippen molar-refractivity contribution in [2.75, 3.05) is 5.32 Å². The zero-order valence-corrected chi connectivity index (χ0v) is 19.0. The van der Waals surface area contributed by atoms with E-state index in [2.05, 4.69) is 22.2 Å². The van der Waals surface area contributed by atoms with Gasteiger partial charge in [0, 0.05) is 34.3 Å². The molecule has 1 saturated heterocycles. The van der Waals surface area contributed by atoms with Gasteiger partial charge in [0.05, 0.1) is 11.4 Å². The molecule has 33 heavy (non-hydrogen) atoms. The third-order valence-electron chi connectivity index (χ3n) is 5.56. The van der Waals surface area contributed by atoms with Gasteiger partial charge in [0.1, 0.15) is 5.75 Å². The lowest BCUT2D eigenvalue weighted by Crippen LogP contribution is -2.39. The average molecular weight is 464 g/mol. The second-order valence-electron chi connectivity index (χ2n) is 7.96. The Labute approximate surface area is 195 Å². The van der Waals surface area contributed by atoms with Crippen LogP contribution in [-0.2, 0) is 14.4 Å². The molecule has 0 bridgehead atoms. The summed E-state index contributed by atoms with van der Waals surface area (Å²) in [4.78, 5) is 40.8. The van der Waals surface area contributed by atoms with E-state index in [-0.39, 0.29) is 17.6 Å². The van der Waals surface area contributed by atoms with Crippen LogP contribution in [0.15, 0.2) is 54.8 Å². The standard InChI is InChI=1S/C25H22ClN3O4/c1-13-4-6-17(11-21(13)26)28-24(31)15(3)33-18-7-5-16-10-20(14(2)27-22(16)12-18)19-8-9-23(30)29-25(19)32/h4-7,10-12,19H,3,8-9H2,1-2H3,(H,28,31)(H,29,30,32). The molecule has 2 heterocycles. The van der Waals surface area contributed by atoms with E-state index in [4.69, 9.17) is 16.3 Å². The molecular weight excluding hydrogens is 442 g/mol. The number of piperidine rings is 1. The molecule has 7 nitrogen and oxygen atoms in total. The van der Waals surface area contributed by atoms with Gasteiger partial charge in [0.2, 0.25) is 11.8 Å². The van der Waals surface area contributed by atoms with Gasteiger partial charge in [-0.3, -0.25) is 24.7 Å². The molecule has 4 rings (SSSR count). The Morgan fingerprint density at radius 1 is 1.18 bits per heavy atom. The zero-order valence-electron chi connectivity index (χ0n) is 18.2. The molecule has 0 spiro atoms. The van der Waals surface area contributed by atoms with Crippen LogP contribution in [0.5, 0.6) is 5.75 Å². The minimum Gasteiger partial charge on any atom is -0.452 e. The van der Waals surface area contributed by atoms with Crippen LogP contribution in [0.2, 0.25) is 5.02 Å². The molecule has 3 aromatic rings. The number of rotatable bonds is 5. The number of hydrogen-bond donors (Lipinski definition) is 2. The Balaban J connectivity index is 1.50. The fraction of sp³-hybridized carbons (Fsp3) is 0.200. The van der Waals surface area contributed by atoms with Gasteiger partial charge in [0.25, 0.3) is 5.91 Å². The van der Waals surface area contributed by atoms with E-state index in [0.717, 1.165) is 16.5 Å². The molecule has 3 amide bonds. The van der Waals surface area contributed by atoms with Crippen molar-refractivity contribution in [1.29, 1.82) is 0 Å². The second-order valence-corrected chi connectivity index (χ2v) is 8.37. The van der Waals surface area contributed by atoms with Crippen molar-refractivity contribution >= 4 is 45.9 Å². The van der Waals surface area contributed by atoms with Crippen molar-refractivity contribution in [3.05, 3.63) is 76.6 Å². The van der Waals surface area contributed by atoms with Gasteiger partial charge in [-0.15, -0.1) is 0 Å². The highest BCUT2D eigenvalue weighted by molar-refractivity contribution is 6.31. The summed E-state index contributed by atoms with van der Waals surface area (Å²) in [7, 11) is 0. The predicted molar refractivity (Wildman–Crippen MR) is 126 cm³/mol. The third kappa shape index (κ3) is 4.88. The van der Waals surface area contributed by atoms with Gasteiger partial charge in [-0.05, 0) is 61.7 Å². The van der Waals surface area contributed by atoms with E-state index in [1.54, 1.807) is 30.3 Å². The highest BCUT2D eigenvalue weighted by Crippen LogP contribution is 2.30. The summed E-state index contributed by atoms with van der Waals surface area (Å²) >= 11 is 6.10. The molecule has 168 valence electrons. The lowest BCUT2D eigenvalue weighted by Gasteiger charge is -2.22. The summed E-state index contributed by atoms with van der Waals surface area (Å²) in [6, 6.07) is 12.3. The van der Waals surface area contributed by atoms with Gasteiger partial charge in [-0.25, -0.2) is 0 Å². The van der Waals surface area contributed by atoms with Gasteiger partial charge in [-0.1, -0.05) is 24.2 Å². The lowest BCUT2D eigenvalue weighted by atomic mass is 9.89. The maximum absolute atomic E-state index is 12.4. The fourth-order valence-corrected chi connectivity index (χ4v) is 3.91. The summed E-state index contributed by atoms with van der Waals surface area (Å²) in [5.41, 5.74) is 3.59. The third-order valence-corrected chi connectivity index (χ3v) is 5.96. The number of ether oxygens (including phenoxy) is 1. The first-order valence-electron chi connectivity index (χ1n) is 10.4. The number of nitrogens with one attached hydrogen (secondary N) is 2. The van der Waals surface area contributed by atoms with Gasteiger partial charge < -0.3 is 10.1 Å². The average Bonchev–Trinajstić information content (AvgIpc) is 2.76. The van der Waals surface area contributed by atoms with Crippen molar-refractivity contribution in [1.82, 2.24) is 10.3 Å². The molecule has 1 atom stereocenters. The maximum atomic E-state index is 12.4. The molecular formula is C25H22ClN3O4. The van der Waals surface area contributed by atoms with Gasteiger partial charge >= 0.3 is 0 Å². The van der Waals surface area contributed by atoms with Crippen molar-refractivity contribution in [3.63, 3.8) is 0 Å². The van der Waals surface area contributed by atoms with Crippen LogP contribution in [-0.4, -0.2) is 22.7 Å². The monoisotopic (exact) mass is 463 g/mol. The largest absolute Gasteiger partial charge is 0.452 e. The van der Waals surface area contributed by atoms with Crippen molar-refractivity contribution in [3.8, 4) is 5.75 Å². The van der Waals surface area contributed by atoms with Gasteiger partial charge in [-0.2, -0.15) is 0 Å². The van der Waals surface area contributed by atoms with Crippen LogP contribution in [0.3, 0.4) is 0 Å². The number of benzene rings is 2. The summed E-state index contributed by atoms with van der Waals surface area (Å²) in [6.45, 7) is 7.41. The predicted octanol–water partition coefficient (Wildman–Crippen LogP) is 4.56. The van der Waals surface area contributed by atoms with E-state index in [0.29, 0.717) is 40.5 Å². The van der Waals surface area contributed by atoms with Crippen LogP contribution >= 0.6 is 11.6 Å². The van der Waals surface area contributed by atoms with Crippen LogP contribution in [0, 0.1) is 13.8 Å². The number of imide groups is 1. The summed E-state index contributed by atoms with van der Waals surface area (Å²) < 4.78 is 5.64. The number of anilines is 1. The fourth-order valence-electron chi connectivity index (χ4n) is 3.73. The lowest BCUT2D eigenvalue weighted by molar-refractivity contribution is -0.134. The Morgan fingerprint density at radius 3 is 2.70 bits per heavy atom. The van der Waals surface area contributed by atoms with E-state index >= 15 is 0 Å². The minimum absolute atomic E-state index is 0.0806. The Bertz CT molecular complexity index is 1320. The van der Waals surface area contributed by atoms with Crippen LogP contribution < -0.4 is 15.4 Å². The SMILES string of the molecule is C=C(Oc1ccc2cc(C3CCC(=O)NC3=O)c(C)nc2c1)C(=O)Nc1ccc(C)c(Cl)c1. The van der Waals surface area contributed by atoms with E-state index in [1.807, 2.05) is 26.0 Å². The van der Waals surface area contributed by atoms with Crippen LogP contribution in [0.4, 0.5) is 5.69 Å². The summed E-state index contributed by atoms with van der Waals surface area (Å²) in [5.74, 6) is -1.12. The molecule has 2 N–H and O–H groups in total. The highest BCUT2D eigenvalue weighted by Gasteiger charge is 2.29. The number of fused-ring (bicyclic) bond motifs is 1. The molecule has 2 aromatic carbocycles. The number of carbonyl (C=O) groups excluding carboxylic acids is 3. The summed E-state index contributed by atoms with van der Waals surface area (Å²) in [6.07, 6.45) is 0.765. The first-order valence-corrected chi connectivity index (χ1v) is 10.8. The number of amides is 3. The number of aryl methyl sites for hydroxylation is 2. The van der Waals surface area contributed by atoms with Crippen LogP contribution in [0.25, 0.3) is 10.9 Å². The number of hydrogen-bond acceptors (Lipinski definition) is 5. The Kier molecular flexibility index (Phi) is 6.16. The Hall–Kier alpha value is -3.71. The Morgan fingerprint density at radius 2 is 1.97 bits per heavy atom. The molecule has 1 aliphatic heterocycles. The van der Waals surface area contributed by atoms with Crippen molar-refractivity contribution < 1.29 is 19.1 Å². The van der Waals surface area contributed by atoms with Crippen molar-refractivity contribution in [2.24, 2.45) is 0 Å². The first kappa shape index (κ1) is 22.5. The minimum atomic E-state index is -0.493. The van der Waals surface area contributed by atoms with E-state index < -0.39 is 11.8 Å². The molecule has 1 aromatic heterocycles.